The molecule has 6 nitrogen and oxygen atoms in total. The number of aliphatic imine (C=N–C) groups is 2. The zero-order chi connectivity index (χ0) is 22.9. The second kappa shape index (κ2) is 8.56. The number of anilines is 1. The van der Waals surface area contributed by atoms with Crippen LogP contribution in [0.25, 0.3) is 34.3 Å². The van der Waals surface area contributed by atoms with E-state index in [0.29, 0.717) is 0 Å². The number of hydrogen-bond acceptors (Lipinski definition) is 5. The molecule has 0 fully saturated rings. The summed E-state index contributed by atoms with van der Waals surface area (Å²) in [7, 11) is 0. The first kappa shape index (κ1) is 20.3. The predicted molar refractivity (Wildman–Crippen MR) is 142 cm³/mol. The van der Waals surface area contributed by atoms with Gasteiger partial charge in [0.05, 0.1) is 13.1 Å². The lowest BCUT2D eigenvalue weighted by Crippen LogP contribution is -2.19. The Morgan fingerprint density at radius 3 is 2.06 bits per heavy atom. The molecule has 3 heterocycles. The highest BCUT2D eigenvalue weighted by atomic mass is 15.1. The molecule has 0 saturated heterocycles. The van der Waals surface area contributed by atoms with Crippen molar-refractivity contribution < 1.29 is 0 Å². The third-order valence-corrected chi connectivity index (χ3v) is 6.28. The minimum atomic E-state index is 0.748. The van der Waals surface area contributed by atoms with Gasteiger partial charge in [0.2, 0.25) is 0 Å². The third-order valence-electron chi connectivity index (χ3n) is 6.28. The summed E-state index contributed by atoms with van der Waals surface area (Å²) in [4.78, 5) is 12.5. The van der Waals surface area contributed by atoms with E-state index in [-0.39, 0.29) is 0 Å². The molecule has 0 saturated carbocycles. The van der Waals surface area contributed by atoms with E-state index in [0.717, 1.165) is 82.6 Å². The monoisotopic (exact) mass is 446 g/mol. The number of nitrogens with two attached hydrogens (primary N) is 1. The van der Waals surface area contributed by atoms with Crippen LogP contribution in [-0.2, 0) is 0 Å². The Kier molecular flexibility index (Phi) is 5.11. The first-order valence-corrected chi connectivity index (χ1v) is 11.6. The molecule has 34 heavy (non-hydrogen) atoms. The maximum Gasteiger partial charge on any atom is 0.128 e. The molecule has 6 rings (SSSR count). The standard InChI is InChI=1S/C28H26N6/c29-24-15-22(27-30-11-12-31-27)9-7-19(24)4-1-18-2-5-20(6-3-18)25-16-21-8-10-23(17-26(21)34-25)28-32-13-14-33-28/h1-10,15-17,34H,11-14,29H2,(H,30,31)(H,32,33)/b4-1+. The highest BCUT2D eigenvalue weighted by molar-refractivity contribution is 6.03. The van der Waals surface area contributed by atoms with Crippen LogP contribution < -0.4 is 16.4 Å². The van der Waals surface area contributed by atoms with Crippen LogP contribution in [0.4, 0.5) is 5.69 Å². The molecule has 0 amide bonds. The molecule has 6 heteroatoms. The minimum absolute atomic E-state index is 0.748. The third kappa shape index (κ3) is 3.94. The highest BCUT2D eigenvalue weighted by Crippen LogP contribution is 2.26. The van der Waals surface area contributed by atoms with E-state index in [2.05, 4.69) is 92.4 Å². The molecular weight excluding hydrogens is 420 g/mol. The Balaban J connectivity index is 1.20. The Morgan fingerprint density at radius 1 is 0.706 bits per heavy atom. The number of H-pyrrole nitrogens is 1. The van der Waals surface area contributed by atoms with E-state index in [4.69, 9.17) is 5.73 Å². The zero-order valence-electron chi connectivity index (χ0n) is 18.8. The minimum Gasteiger partial charge on any atom is -0.398 e. The Morgan fingerprint density at radius 2 is 1.38 bits per heavy atom. The molecule has 2 aliphatic heterocycles. The number of nitrogen functional groups attached to an aromatic ring is 1. The summed E-state index contributed by atoms with van der Waals surface area (Å²) in [5, 5.41) is 7.82. The number of fused-ring (bicyclic) bond motifs is 1. The molecule has 0 radical (unpaired) electrons. The van der Waals surface area contributed by atoms with Gasteiger partial charge in [-0.2, -0.15) is 0 Å². The SMILES string of the molecule is Nc1cc(C2=NCCN2)ccc1/C=C/c1ccc(-c2cc3ccc(C4=NCCN4)cc3[nH]2)cc1. The largest absolute Gasteiger partial charge is 0.398 e. The van der Waals surface area contributed by atoms with Crippen molar-refractivity contribution in [3.05, 3.63) is 89.0 Å². The molecule has 5 N–H and O–H groups in total. The summed E-state index contributed by atoms with van der Waals surface area (Å²) in [6, 6.07) is 23.3. The number of nitrogens with zero attached hydrogens (tertiary/aromatic N) is 2. The van der Waals surface area contributed by atoms with Crippen LogP contribution in [0.3, 0.4) is 0 Å². The Labute approximate surface area is 198 Å². The Bertz CT molecular complexity index is 1460. The van der Waals surface area contributed by atoms with Gasteiger partial charge >= 0.3 is 0 Å². The van der Waals surface area contributed by atoms with Crippen molar-refractivity contribution >= 4 is 40.4 Å². The summed E-state index contributed by atoms with van der Waals surface area (Å²) >= 11 is 0. The van der Waals surface area contributed by atoms with Gasteiger partial charge in [0.15, 0.2) is 0 Å². The van der Waals surface area contributed by atoms with Crippen molar-refractivity contribution in [1.29, 1.82) is 0 Å². The lowest BCUT2D eigenvalue weighted by atomic mass is 10.1. The fraction of sp³-hybridized carbons (Fsp3) is 0.143. The quantitative estimate of drug-likeness (QED) is 0.272. The van der Waals surface area contributed by atoms with Crippen LogP contribution in [0.5, 0.6) is 0 Å². The molecule has 0 atom stereocenters. The maximum absolute atomic E-state index is 6.29. The van der Waals surface area contributed by atoms with Crippen molar-refractivity contribution in [2.24, 2.45) is 9.98 Å². The summed E-state index contributed by atoms with van der Waals surface area (Å²) in [5.41, 5.74) is 14.7. The normalized spacial score (nSPS) is 15.4. The molecular formula is C28H26N6. The van der Waals surface area contributed by atoms with Crippen molar-refractivity contribution in [3.8, 4) is 11.3 Å². The average molecular weight is 447 g/mol. The van der Waals surface area contributed by atoms with Gasteiger partial charge in [-0.05, 0) is 34.9 Å². The molecule has 4 aromatic rings. The van der Waals surface area contributed by atoms with E-state index >= 15 is 0 Å². The van der Waals surface area contributed by atoms with Crippen LogP contribution in [0.1, 0.15) is 22.3 Å². The van der Waals surface area contributed by atoms with Gasteiger partial charge in [0.25, 0.3) is 0 Å². The molecule has 3 aromatic carbocycles. The van der Waals surface area contributed by atoms with E-state index in [1.54, 1.807) is 0 Å². The number of aromatic amines is 1. The van der Waals surface area contributed by atoms with E-state index in [9.17, 15) is 0 Å². The molecule has 0 spiro atoms. The number of amidine groups is 2. The molecule has 0 bridgehead atoms. The number of nitrogens with one attached hydrogen (secondary N) is 3. The van der Waals surface area contributed by atoms with Crippen LogP contribution in [0.2, 0.25) is 0 Å². The molecule has 2 aliphatic rings. The van der Waals surface area contributed by atoms with E-state index < -0.39 is 0 Å². The van der Waals surface area contributed by atoms with Crippen molar-refractivity contribution in [2.75, 3.05) is 31.9 Å². The molecule has 1 aromatic heterocycles. The van der Waals surface area contributed by atoms with Crippen LogP contribution in [-0.4, -0.2) is 42.8 Å². The lowest BCUT2D eigenvalue weighted by molar-refractivity contribution is 0.960. The van der Waals surface area contributed by atoms with Gasteiger partial charge in [-0.15, -0.1) is 0 Å². The van der Waals surface area contributed by atoms with E-state index in [1.165, 1.54) is 5.39 Å². The first-order chi connectivity index (χ1) is 16.7. The molecule has 0 unspecified atom stereocenters. The van der Waals surface area contributed by atoms with Crippen molar-refractivity contribution in [1.82, 2.24) is 15.6 Å². The fourth-order valence-corrected chi connectivity index (χ4v) is 4.45. The second-order valence-corrected chi connectivity index (χ2v) is 8.60. The van der Waals surface area contributed by atoms with Crippen LogP contribution in [0, 0.1) is 0 Å². The summed E-state index contributed by atoms with van der Waals surface area (Å²) in [6.07, 6.45) is 4.15. The maximum atomic E-state index is 6.29. The lowest BCUT2D eigenvalue weighted by Gasteiger charge is -2.06. The second-order valence-electron chi connectivity index (χ2n) is 8.60. The average Bonchev–Trinajstić information content (AvgIpc) is 3.65. The summed E-state index contributed by atoms with van der Waals surface area (Å²) < 4.78 is 0. The molecule has 0 aliphatic carbocycles. The number of aromatic nitrogens is 1. The number of benzene rings is 3. The highest BCUT2D eigenvalue weighted by Gasteiger charge is 2.11. The van der Waals surface area contributed by atoms with Gasteiger partial charge in [-0.25, -0.2) is 0 Å². The van der Waals surface area contributed by atoms with Crippen LogP contribution in [0.15, 0.2) is 76.7 Å². The van der Waals surface area contributed by atoms with Gasteiger partial charge < -0.3 is 21.4 Å². The number of hydrogen-bond donors (Lipinski definition) is 4. The van der Waals surface area contributed by atoms with E-state index in [1.807, 2.05) is 12.1 Å². The van der Waals surface area contributed by atoms with Crippen LogP contribution >= 0.6 is 0 Å². The Hall–Kier alpha value is -4.32. The fourth-order valence-electron chi connectivity index (χ4n) is 4.45. The van der Waals surface area contributed by atoms with Gasteiger partial charge in [-0.3, -0.25) is 9.98 Å². The smallest absolute Gasteiger partial charge is 0.128 e. The van der Waals surface area contributed by atoms with Crippen molar-refractivity contribution in [3.63, 3.8) is 0 Å². The van der Waals surface area contributed by atoms with Gasteiger partial charge in [-0.1, -0.05) is 60.7 Å². The number of rotatable bonds is 5. The summed E-state index contributed by atoms with van der Waals surface area (Å²) in [5.74, 6) is 1.91. The van der Waals surface area contributed by atoms with Crippen molar-refractivity contribution in [2.45, 2.75) is 0 Å². The van der Waals surface area contributed by atoms with Gasteiger partial charge in [0, 0.05) is 46.5 Å². The summed E-state index contributed by atoms with van der Waals surface area (Å²) in [6.45, 7) is 3.46. The predicted octanol–water partition coefficient (Wildman–Crippen LogP) is 4.29. The van der Waals surface area contributed by atoms with Gasteiger partial charge in [0.1, 0.15) is 11.7 Å². The first-order valence-electron chi connectivity index (χ1n) is 11.6. The topological polar surface area (TPSA) is 90.6 Å². The molecule has 168 valence electrons. The zero-order valence-corrected chi connectivity index (χ0v) is 18.8.